The quantitative estimate of drug-likeness (QED) is 0.363. The molecule has 0 aliphatic rings. The van der Waals surface area contributed by atoms with Crippen molar-refractivity contribution in [1.82, 2.24) is 0 Å². The van der Waals surface area contributed by atoms with E-state index in [9.17, 15) is 0 Å². The Hall–Kier alpha value is -3.38. The minimum absolute atomic E-state index is 1.19. The monoisotopic (exact) mass is 331 g/mol. The van der Waals surface area contributed by atoms with Gasteiger partial charge in [-0.2, -0.15) is 0 Å². The first-order valence-corrected chi connectivity index (χ1v) is 8.79. The smallest absolute Gasteiger partial charge is 0.0105 e. The molecule has 4 rings (SSSR count). The third kappa shape index (κ3) is 3.65. The van der Waals surface area contributed by atoms with Crippen LogP contribution in [0.4, 0.5) is 0 Å². The fourth-order valence-electron chi connectivity index (χ4n) is 3.09. The summed E-state index contributed by atoms with van der Waals surface area (Å²) in [6.45, 7) is 0. The van der Waals surface area contributed by atoms with E-state index in [-0.39, 0.29) is 0 Å². The van der Waals surface area contributed by atoms with Crippen LogP contribution in [0, 0.1) is 6.07 Å². The molecule has 4 aromatic carbocycles. The van der Waals surface area contributed by atoms with Gasteiger partial charge in [0, 0.05) is 0 Å². The van der Waals surface area contributed by atoms with Gasteiger partial charge in [-0.15, -0.1) is 0 Å². The standard InChI is InChI=1S/C26H19/c1-4-10-22(11-5-1)23-18-16-21(17-19-23)20-26(24-12-6-2-7-13-24)25-14-8-3-9-15-25/h2-20H. The molecule has 0 aliphatic carbocycles. The molecule has 0 heterocycles. The highest BCUT2D eigenvalue weighted by Crippen LogP contribution is 2.27. The van der Waals surface area contributed by atoms with Gasteiger partial charge in [-0.3, -0.25) is 0 Å². The van der Waals surface area contributed by atoms with E-state index in [0.717, 1.165) is 0 Å². The molecule has 0 saturated heterocycles. The van der Waals surface area contributed by atoms with Gasteiger partial charge in [-0.05, 0) is 45.5 Å². The van der Waals surface area contributed by atoms with E-state index in [0.29, 0.717) is 0 Å². The van der Waals surface area contributed by atoms with Gasteiger partial charge in [0.2, 0.25) is 0 Å². The molecule has 0 aliphatic heterocycles. The van der Waals surface area contributed by atoms with Crippen molar-refractivity contribution < 1.29 is 0 Å². The summed E-state index contributed by atoms with van der Waals surface area (Å²) in [6, 6.07) is 40.9. The second-order valence-electron chi connectivity index (χ2n) is 6.20. The zero-order chi connectivity index (χ0) is 17.6. The van der Waals surface area contributed by atoms with E-state index < -0.39 is 0 Å². The Labute approximate surface area is 155 Å². The maximum absolute atomic E-state index is 3.07. The maximum Gasteiger partial charge on any atom is -0.0105 e. The number of benzene rings is 4. The molecule has 0 saturated carbocycles. The van der Waals surface area contributed by atoms with Gasteiger partial charge in [0.1, 0.15) is 0 Å². The van der Waals surface area contributed by atoms with Gasteiger partial charge in [-0.1, -0.05) is 109 Å². The minimum atomic E-state index is 1.19. The van der Waals surface area contributed by atoms with Crippen LogP contribution >= 0.6 is 0 Å². The van der Waals surface area contributed by atoms with Crippen molar-refractivity contribution in [3.63, 3.8) is 0 Å². The third-order valence-electron chi connectivity index (χ3n) is 4.44. The molecular weight excluding hydrogens is 312 g/mol. The summed E-state index contributed by atoms with van der Waals surface area (Å²) < 4.78 is 0. The molecule has 0 heteroatoms. The van der Waals surface area contributed by atoms with Crippen LogP contribution in [0.25, 0.3) is 22.8 Å². The average molecular weight is 331 g/mol. The van der Waals surface area contributed by atoms with Gasteiger partial charge >= 0.3 is 0 Å². The number of rotatable bonds is 4. The molecule has 0 fully saturated rings. The fraction of sp³-hybridized carbons (Fsp3) is 0. The van der Waals surface area contributed by atoms with Crippen molar-refractivity contribution in [1.29, 1.82) is 0 Å². The second kappa shape index (κ2) is 7.67. The molecule has 1 radical (unpaired) electrons. The van der Waals surface area contributed by atoms with Crippen molar-refractivity contribution in [3.05, 3.63) is 132 Å². The molecule has 0 bridgehead atoms. The first-order chi connectivity index (χ1) is 12.9. The molecule has 0 unspecified atom stereocenters. The van der Waals surface area contributed by atoms with Gasteiger partial charge in [0.05, 0.1) is 0 Å². The van der Waals surface area contributed by atoms with Gasteiger partial charge in [0.15, 0.2) is 0 Å². The predicted molar refractivity (Wildman–Crippen MR) is 111 cm³/mol. The van der Waals surface area contributed by atoms with E-state index >= 15 is 0 Å². The number of hydrogen-bond donors (Lipinski definition) is 0. The molecule has 0 amide bonds. The largest absolute Gasteiger partial charge is 0.0622 e. The summed E-state index contributed by atoms with van der Waals surface area (Å²) in [5.74, 6) is 0. The van der Waals surface area contributed by atoms with Crippen molar-refractivity contribution in [2.24, 2.45) is 0 Å². The van der Waals surface area contributed by atoms with Crippen molar-refractivity contribution in [3.8, 4) is 11.1 Å². The van der Waals surface area contributed by atoms with E-state index in [4.69, 9.17) is 0 Å². The summed E-state index contributed by atoms with van der Waals surface area (Å²) in [4.78, 5) is 0. The lowest BCUT2D eigenvalue weighted by molar-refractivity contribution is 1.55. The van der Waals surface area contributed by atoms with Crippen molar-refractivity contribution >= 4 is 11.6 Å². The molecule has 0 N–H and O–H groups in total. The summed E-state index contributed by atoms with van der Waals surface area (Å²) >= 11 is 0. The van der Waals surface area contributed by atoms with Crippen molar-refractivity contribution in [2.45, 2.75) is 0 Å². The maximum atomic E-state index is 3.07. The molecule has 0 aromatic heterocycles. The topological polar surface area (TPSA) is 0 Å². The van der Waals surface area contributed by atoms with Crippen LogP contribution in [-0.4, -0.2) is 0 Å². The Balaban J connectivity index is 1.73. The van der Waals surface area contributed by atoms with Crippen LogP contribution in [0.2, 0.25) is 0 Å². The molecule has 0 nitrogen and oxygen atoms in total. The minimum Gasteiger partial charge on any atom is -0.0622 e. The summed E-state index contributed by atoms with van der Waals surface area (Å²) in [5, 5.41) is 0. The van der Waals surface area contributed by atoms with Gasteiger partial charge < -0.3 is 0 Å². The summed E-state index contributed by atoms with van der Waals surface area (Å²) in [7, 11) is 0. The van der Waals surface area contributed by atoms with Crippen LogP contribution in [-0.2, 0) is 0 Å². The average Bonchev–Trinajstić information content (AvgIpc) is 2.74. The molecular formula is C26H19. The lowest BCUT2D eigenvalue weighted by atomic mass is 9.95. The first kappa shape index (κ1) is 16.1. The lowest BCUT2D eigenvalue weighted by Crippen LogP contribution is -1.88. The normalized spacial score (nSPS) is 10.3. The predicted octanol–water partition coefficient (Wildman–Crippen LogP) is 6.74. The molecule has 0 atom stereocenters. The Kier molecular flexibility index (Phi) is 4.75. The zero-order valence-electron chi connectivity index (χ0n) is 14.5. The van der Waals surface area contributed by atoms with E-state index in [1.165, 1.54) is 33.4 Å². The molecule has 26 heavy (non-hydrogen) atoms. The van der Waals surface area contributed by atoms with Crippen LogP contribution in [0.15, 0.2) is 109 Å². The highest BCUT2D eigenvalue weighted by atomic mass is 14.1. The lowest BCUT2D eigenvalue weighted by Gasteiger charge is -2.09. The molecule has 0 spiro atoms. The van der Waals surface area contributed by atoms with Crippen LogP contribution in [0.5, 0.6) is 0 Å². The Morgan fingerprint density at radius 1 is 0.538 bits per heavy atom. The Morgan fingerprint density at radius 3 is 1.58 bits per heavy atom. The van der Waals surface area contributed by atoms with Crippen LogP contribution < -0.4 is 0 Å². The van der Waals surface area contributed by atoms with Crippen molar-refractivity contribution in [2.75, 3.05) is 0 Å². The number of hydrogen-bond acceptors (Lipinski definition) is 0. The van der Waals surface area contributed by atoms with Gasteiger partial charge in [0.25, 0.3) is 0 Å². The van der Waals surface area contributed by atoms with E-state index in [2.05, 4.69) is 109 Å². The summed E-state index contributed by atoms with van der Waals surface area (Å²) in [6.07, 6.45) is 2.26. The second-order valence-corrected chi connectivity index (χ2v) is 6.20. The highest BCUT2D eigenvalue weighted by molar-refractivity contribution is 5.91. The third-order valence-corrected chi connectivity index (χ3v) is 4.44. The fourth-order valence-corrected chi connectivity index (χ4v) is 3.09. The Morgan fingerprint density at radius 2 is 1.04 bits per heavy atom. The SMILES string of the molecule is [c]1ccc(-c2ccc(C=C(c3ccccc3)c3ccccc3)cc2)cc1. The summed E-state index contributed by atoms with van der Waals surface area (Å²) in [5.41, 5.74) is 7.30. The Bertz CT molecular complexity index is 939. The van der Waals surface area contributed by atoms with Crippen LogP contribution in [0.1, 0.15) is 16.7 Å². The molecule has 123 valence electrons. The van der Waals surface area contributed by atoms with Crippen LogP contribution in [0.3, 0.4) is 0 Å². The van der Waals surface area contributed by atoms with E-state index in [1.54, 1.807) is 0 Å². The highest BCUT2D eigenvalue weighted by Gasteiger charge is 2.05. The van der Waals surface area contributed by atoms with Gasteiger partial charge in [-0.25, -0.2) is 0 Å². The van der Waals surface area contributed by atoms with E-state index in [1.807, 2.05) is 12.1 Å². The zero-order valence-corrected chi connectivity index (χ0v) is 14.5. The first-order valence-electron chi connectivity index (χ1n) is 8.79. The molecule has 4 aromatic rings.